The molecule has 1 heterocycles. The van der Waals surface area contributed by atoms with Gasteiger partial charge in [-0.3, -0.25) is 14.4 Å². The molecular formula is C23H24N4O6S. The molecule has 1 aliphatic carbocycles. The third-order valence-corrected chi connectivity index (χ3v) is 8.17. The van der Waals surface area contributed by atoms with Crippen LogP contribution in [0, 0.1) is 5.92 Å². The first-order chi connectivity index (χ1) is 16.3. The molecule has 10 nitrogen and oxygen atoms in total. The fraction of sp³-hybridized carbons (Fsp3) is 0.348. The first-order valence-corrected chi connectivity index (χ1v) is 12.5. The van der Waals surface area contributed by atoms with E-state index in [-0.39, 0.29) is 29.7 Å². The fourth-order valence-electron chi connectivity index (χ4n) is 4.15. The average Bonchev–Trinajstić information content (AvgIpc) is 3.36. The van der Waals surface area contributed by atoms with Crippen molar-refractivity contribution in [2.75, 3.05) is 5.32 Å². The molecule has 0 bridgehead atoms. The van der Waals surface area contributed by atoms with Crippen molar-refractivity contribution in [3.63, 3.8) is 0 Å². The van der Waals surface area contributed by atoms with E-state index in [1.165, 1.54) is 24.3 Å². The van der Waals surface area contributed by atoms with Crippen LogP contribution in [0.2, 0.25) is 0 Å². The van der Waals surface area contributed by atoms with Gasteiger partial charge in [-0.1, -0.05) is 30.2 Å². The minimum absolute atomic E-state index is 0.0404. The van der Waals surface area contributed by atoms with Gasteiger partial charge < -0.3 is 10.4 Å². The van der Waals surface area contributed by atoms with E-state index in [0.29, 0.717) is 16.6 Å². The Kier molecular flexibility index (Phi) is 6.73. The number of aromatic nitrogens is 3. The van der Waals surface area contributed by atoms with E-state index in [0.717, 1.165) is 30.4 Å². The Morgan fingerprint density at radius 1 is 1.09 bits per heavy atom. The molecule has 1 saturated carbocycles. The van der Waals surface area contributed by atoms with Crippen LogP contribution in [0.5, 0.6) is 0 Å². The van der Waals surface area contributed by atoms with E-state index in [1.54, 1.807) is 24.3 Å². The number of hydrogen-bond donors (Lipinski definition) is 2. The molecule has 4 rings (SSSR count). The van der Waals surface area contributed by atoms with Crippen LogP contribution in [0.25, 0.3) is 10.9 Å². The summed E-state index contributed by atoms with van der Waals surface area (Å²) in [5.74, 6) is -1.67. The minimum atomic E-state index is -4.26. The van der Waals surface area contributed by atoms with Gasteiger partial charge in [0.15, 0.2) is 15.1 Å². The lowest BCUT2D eigenvalue weighted by molar-refractivity contribution is -0.136. The highest BCUT2D eigenvalue weighted by molar-refractivity contribution is 7.92. The summed E-state index contributed by atoms with van der Waals surface area (Å²) in [6.07, 6.45) is 3.34. The molecule has 11 heteroatoms. The van der Waals surface area contributed by atoms with Crippen molar-refractivity contribution in [3.05, 3.63) is 58.9 Å². The number of hydrogen-bond acceptors (Lipinski definition) is 7. The first-order valence-electron chi connectivity index (χ1n) is 11.0. The molecule has 3 aromatic rings. The number of nitrogens with zero attached hydrogens (tertiary/aromatic N) is 3. The zero-order chi connectivity index (χ0) is 24.3. The molecule has 0 spiro atoms. The Hall–Kier alpha value is -3.60. The van der Waals surface area contributed by atoms with Crippen LogP contribution < -0.4 is 10.9 Å². The molecule has 1 aliphatic rings. The zero-order valence-corrected chi connectivity index (χ0v) is 19.1. The highest BCUT2D eigenvalue weighted by Gasteiger charge is 2.34. The van der Waals surface area contributed by atoms with E-state index in [2.05, 4.69) is 15.6 Å². The van der Waals surface area contributed by atoms with Gasteiger partial charge in [-0.2, -0.15) is 0 Å². The van der Waals surface area contributed by atoms with E-state index >= 15 is 0 Å². The normalized spacial score (nSPS) is 15.3. The van der Waals surface area contributed by atoms with E-state index < -0.39 is 26.6 Å². The lowest BCUT2D eigenvalue weighted by Gasteiger charge is -2.15. The molecule has 1 amide bonds. The number of anilines is 1. The highest BCUT2D eigenvalue weighted by Crippen LogP contribution is 2.27. The average molecular weight is 485 g/mol. The second-order valence-electron chi connectivity index (χ2n) is 8.29. The number of benzene rings is 2. The van der Waals surface area contributed by atoms with Crippen molar-refractivity contribution in [2.24, 2.45) is 5.92 Å². The standard InChI is InChI=1S/C23H24N4O6S/c28-21(15-5-1-2-6-15)24-16-9-11-17(12-10-16)34(32,33)20(23(30)31)13-14-27-22(29)18-7-3-4-8-19(18)25-26-27/h3-4,7-12,15,20H,1-2,5-6,13-14H2,(H,24,28)(H,30,31). The van der Waals surface area contributed by atoms with E-state index in [4.69, 9.17) is 0 Å². The summed E-state index contributed by atoms with van der Waals surface area (Å²) in [6, 6.07) is 12.0. The predicted molar refractivity (Wildman–Crippen MR) is 124 cm³/mol. The summed E-state index contributed by atoms with van der Waals surface area (Å²) in [4.78, 5) is 36.5. The minimum Gasteiger partial charge on any atom is -0.480 e. The van der Waals surface area contributed by atoms with Crippen LogP contribution in [-0.4, -0.2) is 45.6 Å². The molecule has 1 fully saturated rings. The quantitative estimate of drug-likeness (QED) is 0.494. The number of amides is 1. The maximum absolute atomic E-state index is 13.0. The van der Waals surface area contributed by atoms with Crippen molar-refractivity contribution in [1.82, 2.24) is 15.0 Å². The maximum Gasteiger partial charge on any atom is 0.322 e. The van der Waals surface area contributed by atoms with Gasteiger partial charge in [0.2, 0.25) is 5.91 Å². The van der Waals surface area contributed by atoms with Crippen molar-refractivity contribution >= 4 is 38.3 Å². The van der Waals surface area contributed by atoms with Gasteiger partial charge in [-0.25, -0.2) is 13.1 Å². The maximum atomic E-state index is 13.0. The van der Waals surface area contributed by atoms with Crippen LogP contribution in [-0.2, 0) is 26.0 Å². The molecule has 1 unspecified atom stereocenters. The summed E-state index contributed by atoms with van der Waals surface area (Å²) in [7, 11) is -4.26. The summed E-state index contributed by atoms with van der Waals surface area (Å²) in [5.41, 5.74) is 0.362. The fourth-order valence-corrected chi connectivity index (χ4v) is 5.67. The molecule has 0 radical (unpaired) electrons. The molecular weight excluding hydrogens is 460 g/mol. The number of rotatable bonds is 8. The van der Waals surface area contributed by atoms with Gasteiger partial charge in [0.1, 0.15) is 5.52 Å². The molecule has 2 aromatic carbocycles. The highest BCUT2D eigenvalue weighted by atomic mass is 32.2. The molecule has 1 atom stereocenters. The van der Waals surface area contributed by atoms with Gasteiger partial charge in [-0.15, -0.1) is 5.10 Å². The Balaban J connectivity index is 1.50. The molecule has 34 heavy (non-hydrogen) atoms. The van der Waals surface area contributed by atoms with Gasteiger partial charge in [0, 0.05) is 18.2 Å². The molecule has 2 N–H and O–H groups in total. The lowest BCUT2D eigenvalue weighted by atomic mass is 10.1. The number of carbonyl (C=O) groups excluding carboxylic acids is 1. The van der Waals surface area contributed by atoms with Crippen LogP contribution >= 0.6 is 0 Å². The lowest BCUT2D eigenvalue weighted by Crippen LogP contribution is -2.34. The van der Waals surface area contributed by atoms with Gasteiger partial charge in [-0.05, 0) is 55.7 Å². The Labute approximate surface area is 195 Å². The van der Waals surface area contributed by atoms with Crippen LogP contribution in [0.3, 0.4) is 0 Å². The number of carboxylic acids is 1. The molecule has 0 aliphatic heterocycles. The third kappa shape index (κ3) is 4.84. The number of carboxylic acid groups (broad SMARTS) is 1. The predicted octanol–water partition coefficient (Wildman–Crippen LogP) is 2.24. The summed E-state index contributed by atoms with van der Waals surface area (Å²) < 4.78 is 27.1. The Bertz CT molecular complexity index is 1380. The summed E-state index contributed by atoms with van der Waals surface area (Å²) >= 11 is 0. The Morgan fingerprint density at radius 2 is 1.76 bits per heavy atom. The number of fused-ring (bicyclic) bond motifs is 1. The number of aryl methyl sites for hydroxylation is 1. The monoisotopic (exact) mass is 484 g/mol. The SMILES string of the molecule is O=C(Nc1ccc(S(=O)(=O)C(CCn2nnc3ccccc3c2=O)C(=O)O)cc1)C1CCCC1. The number of aliphatic carboxylic acids is 1. The van der Waals surface area contributed by atoms with Crippen molar-refractivity contribution in [2.45, 2.75) is 48.8 Å². The van der Waals surface area contributed by atoms with Crippen LogP contribution in [0.4, 0.5) is 5.69 Å². The van der Waals surface area contributed by atoms with Crippen molar-refractivity contribution in [3.8, 4) is 0 Å². The van der Waals surface area contributed by atoms with Crippen LogP contribution in [0.1, 0.15) is 32.1 Å². The molecule has 0 saturated heterocycles. The smallest absolute Gasteiger partial charge is 0.322 e. The second kappa shape index (κ2) is 9.72. The number of nitrogens with one attached hydrogen (secondary N) is 1. The summed E-state index contributed by atoms with van der Waals surface area (Å²) in [6.45, 7) is -0.234. The van der Waals surface area contributed by atoms with Gasteiger partial charge in [0.05, 0.1) is 10.3 Å². The molecule has 178 valence electrons. The first kappa shape index (κ1) is 23.6. The van der Waals surface area contributed by atoms with Gasteiger partial charge in [0.25, 0.3) is 5.56 Å². The van der Waals surface area contributed by atoms with E-state index in [9.17, 15) is 27.9 Å². The van der Waals surface area contributed by atoms with Crippen molar-refractivity contribution in [1.29, 1.82) is 0 Å². The number of carbonyl (C=O) groups is 2. The van der Waals surface area contributed by atoms with Gasteiger partial charge >= 0.3 is 5.97 Å². The molecule has 1 aromatic heterocycles. The largest absolute Gasteiger partial charge is 0.480 e. The number of sulfone groups is 1. The Morgan fingerprint density at radius 3 is 2.44 bits per heavy atom. The topological polar surface area (TPSA) is 148 Å². The third-order valence-electron chi connectivity index (χ3n) is 6.06. The second-order valence-corrected chi connectivity index (χ2v) is 10.4. The summed E-state index contributed by atoms with van der Waals surface area (Å²) in [5, 5.41) is 18.6. The zero-order valence-electron chi connectivity index (χ0n) is 18.3. The van der Waals surface area contributed by atoms with Crippen molar-refractivity contribution < 1.29 is 23.1 Å². The van der Waals surface area contributed by atoms with Crippen LogP contribution in [0.15, 0.2) is 58.2 Å². The van der Waals surface area contributed by atoms with E-state index in [1.807, 2.05) is 0 Å².